The zero-order chi connectivity index (χ0) is 20.7. The molecular formula is C20H29N3O5. The Morgan fingerprint density at radius 1 is 1.04 bits per heavy atom. The Bertz CT molecular complexity index is 714. The first-order valence-corrected chi connectivity index (χ1v) is 9.40. The number of carbonyl (C=O) groups is 3. The second kappa shape index (κ2) is 9.96. The zero-order valence-electron chi connectivity index (χ0n) is 17.0. The molecule has 1 heterocycles. The molecule has 0 radical (unpaired) electrons. The third kappa shape index (κ3) is 5.61. The van der Waals surface area contributed by atoms with E-state index in [9.17, 15) is 14.4 Å². The van der Waals surface area contributed by atoms with Gasteiger partial charge in [-0.15, -0.1) is 0 Å². The first-order valence-electron chi connectivity index (χ1n) is 9.40. The summed E-state index contributed by atoms with van der Waals surface area (Å²) in [6.45, 7) is 5.49. The third-order valence-corrected chi connectivity index (χ3v) is 4.92. The average molecular weight is 391 g/mol. The van der Waals surface area contributed by atoms with E-state index in [-0.39, 0.29) is 36.6 Å². The van der Waals surface area contributed by atoms with E-state index in [1.54, 1.807) is 36.2 Å². The number of nitrogens with one attached hydrogen (secondary N) is 1. The van der Waals surface area contributed by atoms with Crippen molar-refractivity contribution in [3.8, 4) is 11.5 Å². The summed E-state index contributed by atoms with van der Waals surface area (Å²) in [4.78, 5) is 39.4. The van der Waals surface area contributed by atoms with Gasteiger partial charge in [0.15, 0.2) is 0 Å². The van der Waals surface area contributed by atoms with E-state index in [1.165, 1.54) is 6.92 Å². The van der Waals surface area contributed by atoms with Gasteiger partial charge in [-0.25, -0.2) is 0 Å². The SMILES string of the molecule is COc1ccc(OC)c([C@@H](C)NC(=O)CCC(=O)N2CCN(C(C)=O)CC2)c1. The van der Waals surface area contributed by atoms with E-state index >= 15 is 0 Å². The molecule has 3 amide bonds. The summed E-state index contributed by atoms with van der Waals surface area (Å²) in [6, 6.07) is 5.12. The largest absolute Gasteiger partial charge is 0.497 e. The Labute approximate surface area is 165 Å². The lowest BCUT2D eigenvalue weighted by molar-refractivity contribution is -0.139. The number of benzene rings is 1. The summed E-state index contributed by atoms with van der Waals surface area (Å²) in [5.41, 5.74) is 0.807. The van der Waals surface area contributed by atoms with E-state index < -0.39 is 0 Å². The number of amides is 3. The van der Waals surface area contributed by atoms with Crippen LogP contribution in [0.25, 0.3) is 0 Å². The van der Waals surface area contributed by atoms with Crippen molar-refractivity contribution in [3.05, 3.63) is 23.8 Å². The molecule has 0 bridgehead atoms. The molecule has 1 saturated heterocycles. The maximum Gasteiger partial charge on any atom is 0.223 e. The van der Waals surface area contributed by atoms with Crippen LogP contribution in [0.2, 0.25) is 0 Å². The summed E-state index contributed by atoms with van der Waals surface area (Å²) in [7, 11) is 3.15. The molecule has 1 atom stereocenters. The van der Waals surface area contributed by atoms with Gasteiger partial charge in [-0.1, -0.05) is 0 Å². The molecule has 1 aromatic carbocycles. The van der Waals surface area contributed by atoms with Crippen LogP contribution < -0.4 is 14.8 Å². The first kappa shape index (κ1) is 21.5. The minimum absolute atomic E-state index is 0.0217. The van der Waals surface area contributed by atoms with Crippen LogP contribution in [-0.4, -0.2) is 67.9 Å². The Kier molecular flexibility index (Phi) is 7.66. The minimum Gasteiger partial charge on any atom is -0.497 e. The highest BCUT2D eigenvalue weighted by molar-refractivity contribution is 5.84. The van der Waals surface area contributed by atoms with Gasteiger partial charge < -0.3 is 24.6 Å². The third-order valence-electron chi connectivity index (χ3n) is 4.92. The maximum absolute atomic E-state index is 12.3. The number of hydrogen-bond donors (Lipinski definition) is 1. The lowest BCUT2D eigenvalue weighted by atomic mass is 10.1. The Hall–Kier alpha value is -2.77. The van der Waals surface area contributed by atoms with Crippen molar-refractivity contribution in [2.45, 2.75) is 32.7 Å². The molecule has 1 aliphatic rings. The van der Waals surface area contributed by atoms with E-state index in [1.807, 2.05) is 13.0 Å². The summed E-state index contributed by atoms with van der Waals surface area (Å²) >= 11 is 0. The molecule has 0 aliphatic carbocycles. The van der Waals surface area contributed by atoms with Crippen molar-refractivity contribution >= 4 is 17.7 Å². The topological polar surface area (TPSA) is 88.2 Å². The zero-order valence-corrected chi connectivity index (χ0v) is 17.0. The Morgan fingerprint density at radius 2 is 1.68 bits per heavy atom. The number of methoxy groups -OCH3 is 2. The van der Waals surface area contributed by atoms with Crippen molar-refractivity contribution in [2.24, 2.45) is 0 Å². The number of rotatable bonds is 7. The lowest BCUT2D eigenvalue weighted by Crippen LogP contribution is -2.50. The van der Waals surface area contributed by atoms with Crippen LogP contribution in [0.4, 0.5) is 0 Å². The van der Waals surface area contributed by atoms with E-state index in [4.69, 9.17) is 9.47 Å². The molecule has 8 nitrogen and oxygen atoms in total. The molecular weight excluding hydrogens is 362 g/mol. The van der Waals surface area contributed by atoms with Crippen molar-refractivity contribution in [2.75, 3.05) is 40.4 Å². The summed E-state index contributed by atoms with van der Waals surface area (Å²) < 4.78 is 10.6. The van der Waals surface area contributed by atoms with E-state index in [0.717, 1.165) is 5.56 Å². The van der Waals surface area contributed by atoms with Crippen LogP contribution in [0.5, 0.6) is 11.5 Å². The van der Waals surface area contributed by atoms with Crippen LogP contribution >= 0.6 is 0 Å². The fraction of sp³-hybridized carbons (Fsp3) is 0.550. The number of piperazine rings is 1. The number of ether oxygens (including phenoxy) is 2. The van der Waals surface area contributed by atoms with E-state index in [2.05, 4.69) is 5.32 Å². The molecule has 1 aliphatic heterocycles. The van der Waals surface area contributed by atoms with Crippen LogP contribution in [0.15, 0.2) is 18.2 Å². The second-order valence-corrected chi connectivity index (χ2v) is 6.78. The van der Waals surface area contributed by atoms with Gasteiger partial charge in [0, 0.05) is 51.5 Å². The summed E-state index contributed by atoms with van der Waals surface area (Å²) in [5.74, 6) is 1.09. The van der Waals surface area contributed by atoms with Gasteiger partial charge in [0.1, 0.15) is 11.5 Å². The van der Waals surface area contributed by atoms with Crippen LogP contribution in [0.3, 0.4) is 0 Å². The standard InChI is InChI=1S/C20H29N3O5/c1-14(17-13-16(27-3)5-6-18(17)28-4)21-19(25)7-8-20(26)23-11-9-22(10-12-23)15(2)24/h5-6,13-14H,7-12H2,1-4H3,(H,21,25)/t14-/m1/s1. The smallest absolute Gasteiger partial charge is 0.223 e. The van der Waals surface area contributed by atoms with Gasteiger partial charge in [0.2, 0.25) is 17.7 Å². The van der Waals surface area contributed by atoms with Gasteiger partial charge in [-0.05, 0) is 25.1 Å². The molecule has 154 valence electrons. The van der Waals surface area contributed by atoms with Gasteiger partial charge >= 0.3 is 0 Å². The molecule has 28 heavy (non-hydrogen) atoms. The minimum atomic E-state index is -0.285. The van der Waals surface area contributed by atoms with Crippen molar-refractivity contribution in [3.63, 3.8) is 0 Å². The Morgan fingerprint density at radius 3 is 2.25 bits per heavy atom. The molecule has 0 aromatic heterocycles. The normalized spacial score (nSPS) is 15.0. The highest BCUT2D eigenvalue weighted by Crippen LogP contribution is 2.29. The lowest BCUT2D eigenvalue weighted by Gasteiger charge is -2.34. The molecule has 0 saturated carbocycles. The average Bonchev–Trinajstić information content (AvgIpc) is 2.71. The van der Waals surface area contributed by atoms with Gasteiger partial charge in [-0.2, -0.15) is 0 Å². The molecule has 8 heteroatoms. The molecule has 2 rings (SSSR count). The fourth-order valence-corrected chi connectivity index (χ4v) is 3.22. The maximum atomic E-state index is 12.3. The predicted octanol–water partition coefficient (Wildman–Crippen LogP) is 1.35. The second-order valence-electron chi connectivity index (χ2n) is 6.78. The fourth-order valence-electron chi connectivity index (χ4n) is 3.22. The van der Waals surface area contributed by atoms with Gasteiger partial charge in [-0.3, -0.25) is 14.4 Å². The summed E-state index contributed by atoms with van der Waals surface area (Å²) in [6.07, 6.45) is 0.260. The van der Waals surface area contributed by atoms with Crippen LogP contribution in [0, 0.1) is 0 Å². The summed E-state index contributed by atoms with van der Waals surface area (Å²) in [5, 5.41) is 2.90. The van der Waals surface area contributed by atoms with E-state index in [0.29, 0.717) is 37.7 Å². The number of hydrogen-bond acceptors (Lipinski definition) is 5. The monoisotopic (exact) mass is 391 g/mol. The van der Waals surface area contributed by atoms with Crippen LogP contribution in [0.1, 0.15) is 38.3 Å². The highest BCUT2D eigenvalue weighted by Gasteiger charge is 2.23. The van der Waals surface area contributed by atoms with Crippen molar-refractivity contribution in [1.29, 1.82) is 0 Å². The molecule has 0 unspecified atom stereocenters. The quantitative estimate of drug-likeness (QED) is 0.758. The first-order chi connectivity index (χ1) is 13.3. The molecule has 1 N–H and O–H groups in total. The predicted molar refractivity (Wildman–Crippen MR) is 104 cm³/mol. The van der Waals surface area contributed by atoms with Gasteiger partial charge in [0.25, 0.3) is 0 Å². The van der Waals surface area contributed by atoms with Crippen molar-refractivity contribution < 1.29 is 23.9 Å². The molecule has 1 aromatic rings. The number of nitrogens with zero attached hydrogens (tertiary/aromatic N) is 2. The van der Waals surface area contributed by atoms with Crippen molar-refractivity contribution in [1.82, 2.24) is 15.1 Å². The van der Waals surface area contributed by atoms with Crippen LogP contribution in [-0.2, 0) is 14.4 Å². The number of carbonyl (C=O) groups excluding carboxylic acids is 3. The van der Waals surface area contributed by atoms with Gasteiger partial charge in [0.05, 0.1) is 20.3 Å². The molecule has 1 fully saturated rings. The molecule has 0 spiro atoms. The highest BCUT2D eigenvalue weighted by atomic mass is 16.5. The Balaban J connectivity index is 1.84.